The van der Waals surface area contributed by atoms with Crippen molar-refractivity contribution in [3.63, 3.8) is 0 Å². The number of nitriles is 1. The SMILES string of the molecule is Cc1nc(CSC2CCCCC2)nc(N)c1C#N. The summed E-state index contributed by atoms with van der Waals surface area (Å²) < 4.78 is 0. The third-order valence-electron chi connectivity index (χ3n) is 3.28. The number of nitrogens with zero attached hydrogens (tertiary/aromatic N) is 3. The molecule has 0 unspecified atom stereocenters. The summed E-state index contributed by atoms with van der Waals surface area (Å²) >= 11 is 1.92. The normalized spacial score (nSPS) is 16.4. The van der Waals surface area contributed by atoms with Crippen molar-refractivity contribution in [1.82, 2.24) is 9.97 Å². The fourth-order valence-corrected chi connectivity index (χ4v) is 3.46. The Morgan fingerprint density at radius 1 is 1.33 bits per heavy atom. The van der Waals surface area contributed by atoms with E-state index in [1.165, 1.54) is 32.1 Å². The van der Waals surface area contributed by atoms with Gasteiger partial charge in [-0.2, -0.15) is 17.0 Å². The van der Waals surface area contributed by atoms with Crippen molar-refractivity contribution < 1.29 is 0 Å². The highest BCUT2D eigenvalue weighted by Gasteiger charge is 2.15. The van der Waals surface area contributed by atoms with Gasteiger partial charge >= 0.3 is 0 Å². The summed E-state index contributed by atoms with van der Waals surface area (Å²) in [6.07, 6.45) is 6.65. The molecule has 0 aromatic carbocycles. The van der Waals surface area contributed by atoms with Crippen LogP contribution >= 0.6 is 11.8 Å². The van der Waals surface area contributed by atoms with E-state index in [2.05, 4.69) is 9.97 Å². The number of nitrogens with two attached hydrogens (primary N) is 1. The van der Waals surface area contributed by atoms with E-state index in [1.807, 2.05) is 24.8 Å². The standard InChI is InChI=1S/C13H18N4S/c1-9-11(7-14)13(15)17-12(16-9)8-18-10-5-3-2-4-6-10/h10H,2-6,8H2,1H3,(H2,15,16,17). The first-order chi connectivity index (χ1) is 8.70. The molecule has 96 valence electrons. The van der Waals surface area contributed by atoms with Crippen LogP contribution < -0.4 is 5.73 Å². The highest BCUT2D eigenvalue weighted by Crippen LogP contribution is 2.30. The van der Waals surface area contributed by atoms with Gasteiger partial charge in [-0.15, -0.1) is 0 Å². The number of aromatic nitrogens is 2. The Labute approximate surface area is 112 Å². The summed E-state index contributed by atoms with van der Waals surface area (Å²) in [6.45, 7) is 1.81. The second-order valence-electron chi connectivity index (χ2n) is 4.67. The van der Waals surface area contributed by atoms with Crippen LogP contribution in [0.1, 0.15) is 49.2 Å². The molecule has 5 heteroatoms. The van der Waals surface area contributed by atoms with E-state index < -0.39 is 0 Å². The summed E-state index contributed by atoms with van der Waals surface area (Å²) in [5.74, 6) is 1.85. The largest absolute Gasteiger partial charge is 0.382 e. The zero-order valence-corrected chi connectivity index (χ0v) is 11.5. The van der Waals surface area contributed by atoms with Crippen LogP contribution in [0.2, 0.25) is 0 Å². The molecular weight excluding hydrogens is 244 g/mol. The summed E-state index contributed by atoms with van der Waals surface area (Å²) in [5.41, 5.74) is 6.85. The number of thioether (sulfide) groups is 1. The maximum absolute atomic E-state index is 8.91. The molecule has 4 nitrogen and oxygen atoms in total. The first kappa shape index (κ1) is 13.2. The van der Waals surface area contributed by atoms with Crippen molar-refractivity contribution in [2.45, 2.75) is 50.0 Å². The molecule has 1 aliphatic rings. The Hall–Kier alpha value is -1.28. The van der Waals surface area contributed by atoms with Crippen molar-refractivity contribution in [3.8, 4) is 6.07 Å². The van der Waals surface area contributed by atoms with Crippen LogP contribution in [0.5, 0.6) is 0 Å². The molecular formula is C13H18N4S. The molecule has 1 saturated carbocycles. The van der Waals surface area contributed by atoms with Crippen molar-refractivity contribution >= 4 is 17.6 Å². The lowest BCUT2D eigenvalue weighted by Gasteiger charge is -2.20. The van der Waals surface area contributed by atoms with Gasteiger partial charge in [0.1, 0.15) is 23.3 Å². The second-order valence-corrected chi connectivity index (χ2v) is 5.96. The van der Waals surface area contributed by atoms with Crippen LogP contribution in [0.25, 0.3) is 0 Å². The summed E-state index contributed by atoms with van der Waals surface area (Å²) in [4.78, 5) is 8.57. The zero-order chi connectivity index (χ0) is 13.0. The average molecular weight is 262 g/mol. The first-order valence-corrected chi connectivity index (χ1v) is 7.40. The van der Waals surface area contributed by atoms with Crippen molar-refractivity contribution in [1.29, 1.82) is 5.26 Å². The fraction of sp³-hybridized carbons (Fsp3) is 0.615. The third-order valence-corrected chi connectivity index (χ3v) is 4.64. The molecule has 1 aromatic rings. The molecule has 0 radical (unpaired) electrons. The van der Waals surface area contributed by atoms with Crippen LogP contribution in [-0.2, 0) is 5.75 Å². The molecule has 2 rings (SSSR count). The Morgan fingerprint density at radius 3 is 2.67 bits per heavy atom. The van der Waals surface area contributed by atoms with Gasteiger partial charge in [0, 0.05) is 5.25 Å². The molecule has 2 N–H and O–H groups in total. The Balaban J connectivity index is 1.99. The van der Waals surface area contributed by atoms with Crippen LogP contribution in [0.4, 0.5) is 5.82 Å². The van der Waals surface area contributed by atoms with Gasteiger partial charge in [0.15, 0.2) is 0 Å². The maximum atomic E-state index is 8.91. The number of anilines is 1. The van der Waals surface area contributed by atoms with E-state index in [-0.39, 0.29) is 0 Å². The van der Waals surface area contributed by atoms with Gasteiger partial charge in [0.2, 0.25) is 0 Å². The first-order valence-electron chi connectivity index (χ1n) is 6.35. The topological polar surface area (TPSA) is 75.6 Å². The van der Waals surface area contributed by atoms with E-state index in [0.29, 0.717) is 17.1 Å². The third kappa shape index (κ3) is 3.14. The lowest BCUT2D eigenvalue weighted by Crippen LogP contribution is -2.10. The number of aryl methyl sites for hydroxylation is 1. The summed E-state index contributed by atoms with van der Waals surface area (Å²) in [5, 5.41) is 9.64. The molecule has 1 aliphatic carbocycles. The quantitative estimate of drug-likeness (QED) is 0.906. The second kappa shape index (κ2) is 6.05. The van der Waals surface area contributed by atoms with E-state index in [4.69, 9.17) is 11.0 Å². The lowest BCUT2D eigenvalue weighted by molar-refractivity contribution is 0.516. The molecule has 1 heterocycles. The molecule has 0 amide bonds. The van der Waals surface area contributed by atoms with Crippen molar-refractivity contribution in [2.24, 2.45) is 0 Å². The van der Waals surface area contributed by atoms with Crippen LogP contribution in [0.15, 0.2) is 0 Å². The predicted molar refractivity (Wildman–Crippen MR) is 74.1 cm³/mol. The highest BCUT2D eigenvalue weighted by atomic mass is 32.2. The van der Waals surface area contributed by atoms with Gasteiger partial charge < -0.3 is 5.73 Å². The predicted octanol–water partition coefficient (Wildman–Crippen LogP) is 2.80. The van der Waals surface area contributed by atoms with Gasteiger partial charge in [0.25, 0.3) is 0 Å². The Bertz CT molecular complexity index is 438. The smallest absolute Gasteiger partial charge is 0.145 e. The molecule has 0 saturated heterocycles. The Morgan fingerprint density at radius 2 is 2.06 bits per heavy atom. The molecule has 0 aliphatic heterocycles. The monoisotopic (exact) mass is 262 g/mol. The minimum Gasteiger partial charge on any atom is -0.382 e. The van der Waals surface area contributed by atoms with Gasteiger partial charge in [0.05, 0.1) is 11.4 Å². The van der Waals surface area contributed by atoms with Gasteiger partial charge in [-0.1, -0.05) is 19.3 Å². The van der Waals surface area contributed by atoms with Crippen LogP contribution in [0.3, 0.4) is 0 Å². The molecule has 0 spiro atoms. The number of rotatable bonds is 3. The van der Waals surface area contributed by atoms with Gasteiger partial charge in [-0.05, 0) is 19.8 Å². The zero-order valence-electron chi connectivity index (χ0n) is 10.6. The molecule has 1 fully saturated rings. The summed E-state index contributed by atoms with van der Waals surface area (Å²) in [6, 6.07) is 2.04. The average Bonchev–Trinajstić information content (AvgIpc) is 2.37. The van der Waals surface area contributed by atoms with Crippen molar-refractivity contribution in [2.75, 3.05) is 5.73 Å². The molecule has 18 heavy (non-hydrogen) atoms. The van der Waals surface area contributed by atoms with E-state index in [1.54, 1.807) is 0 Å². The number of nitrogen functional groups attached to an aromatic ring is 1. The van der Waals surface area contributed by atoms with E-state index in [0.717, 1.165) is 16.8 Å². The van der Waals surface area contributed by atoms with Gasteiger partial charge in [-0.3, -0.25) is 0 Å². The Kier molecular flexibility index (Phi) is 4.43. The minimum absolute atomic E-state index is 0.309. The van der Waals surface area contributed by atoms with Crippen LogP contribution in [0, 0.1) is 18.3 Å². The highest BCUT2D eigenvalue weighted by molar-refractivity contribution is 7.99. The molecule has 1 aromatic heterocycles. The lowest BCUT2D eigenvalue weighted by atomic mass is 10.0. The minimum atomic E-state index is 0.309. The molecule has 0 atom stereocenters. The maximum Gasteiger partial charge on any atom is 0.145 e. The van der Waals surface area contributed by atoms with E-state index >= 15 is 0 Å². The van der Waals surface area contributed by atoms with Crippen molar-refractivity contribution in [3.05, 3.63) is 17.1 Å². The van der Waals surface area contributed by atoms with Gasteiger partial charge in [-0.25, -0.2) is 9.97 Å². The fourth-order valence-electron chi connectivity index (χ4n) is 2.28. The molecule has 0 bridgehead atoms. The van der Waals surface area contributed by atoms with Crippen LogP contribution in [-0.4, -0.2) is 15.2 Å². The summed E-state index contributed by atoms with van der Waals surface area (Å²) in [7, 11) is 0. The van der Waals surface area contributed by atoms with E-state index in [9.17, 15) is 0 Å². The number of hydrogen-bond donors (Lipinski definition) is 1. The number of hydrogen-bond acceptors (Lipinski definition) is 5.